The molecular weight excluding hydrogens is 202 g/mol. The van der Waals surface area contributed by atoms with Crippen LogP contribution in [0.2, 0.25) is 0 Å². The van der Waals surface area contributed by atoms with Crippen LogP contribution in [0.4, 0.5) is 5.69 Å². The van der Waals surface area contributed by atoms with Crippen molar-refractivity contribution in [1.82, 2.24) is 9.78 Å². The van der Waals surface area contributed by atoms with E-state index in [0.717, 1.165) is 24.7 Å². The second-order valence-corrected chi connectivity index (χ2v) is 5.22. The molecular formula is C12H21N3O. The Labute approximate surface area is 96.8 Å². The third kappa shape index (κ3) is 2.49. The van der Waals surface area contributed by atoms with Crippen molar-refractivity contribution < 1.29 is 4.74 Å². The second-order valence-electron chi connectivity index (χ2n) is 5.22. The number of nitrogen functional groups attached to an aromatic ring is 1. The van der Waals surface area contributed by atoms with Crippen LogP contribution >= 0.6 is 0 Å². The normalized spacial score (nSPS) is 30.3. The van der Waals surface area contributed by atoms with Crippen molar-refractivity contribution in [2.24, 2.45) is 18.9 Å². The molecule has 2 unspecified atom stereocenters. The lowest BCUT2D eigenvalue weighted by molar-refractivity contribution is 0.0967. The minimum Gasteiger partial charge on any atom is -0.472 e. The molecule has 1 aromatic heterocycles. The summed E-state index contributed by atoms with van der Waals surface area (Å²) < 4.78 is 7.59. The fraction of sp³-hybridized carbons (Fsp3) is 0.750. The van der Waals surface area contributed by atoms with Crippen LogP contribution in [-0.4, -0.2) is 15.9 Å². The largest absolute Gasteiger partial charge is 0.472 e. The summed E-state index contributed by atoms with van der Waals surface area (Å²) in [7, 11) is 1.86. The molecule has 0 amide bonds. The number of hydrogen-bond acceptors (Lipinski definition) is 3. The van der Waals surface area contributed by atoms with Crippen LogP contribution in [-0.2, 0) is 7.05 Å². The van der Waals surface area contributed by atoms with E-state index in [1.54, 1.807) is 10.9 Å². The molecule has 1 saturated carbocycles. The Kier molecular flexibility index (Phi) is 3.08. The fourth-order valence-electron chi connectivity index (χ4n) is 2.71. The van der Waals surface area contributed by atoms with Crippen molar-refractivity contribution in [3.05, 3.63) is 6.20 Å². The van der Waals surface area contributed by atoms with Crippen molar-refractivity contribution in [3.8, 4) is 5.88 Å². The summed E-state index contributed by atoms with van der Waals surface area (Å²) in [6, 6.07) is 0. The van der Waals surface area contributed by atoms with Crippen LogP contribution in [0.25, 0.3) is 0 Å². The molecule has 1 aliphatic rings. The van der Waals surface area contributed by atoms with Crippen molar-refractivity contribution in [1.29, 1.82) is 0 Å². The van der Waals surface area contributed by atoms with Crippen molar-refractivity contribution in [3.63, 3.8) is 0 Å². The predicted octanol–water partition coefficient (Wildman–Crippen LogP) is 2.21. The van der Waals surface area contributed by atoms with E-state index >= 15 is 0 Å². The molecule has 0 saturated heterocycles. The first-order valence-electron chi connectivity index (χ1n) is 6.00. The zero-order chi connectivity index (χ0) is 11.7. The van der Waals surface area contributed by atoms with Crippen LogP contribution < -0.4 is 10.5 Å². The summed E-state index contributed by atoms with van der Waals surface area (Å²) in [5.41, 5.74) is 6.45. The molecule has 2 atom stereocenters. The van der Waals surface area contributed by atoms with Crippen LogP contribution in [0.3, 0.4) is 0 Å². The molecule has 0 bridgehead atoms. The number of hydrogen-bond donors (Lipinski definition) is 1. The van der Waals surface area contributed by atoms with E-state index in [-0.39, 0.29) is 6.10 Å². The van der Waals surface area contributed by atoms with E-state index in [2.05, 4.69) is 18.9 Å². The highest BCUT2D eigenvalue weighted by Crippen LogP contribution is 2.32. The standard InChI is InChI=1S/C12H21N3O/c1-8-4-9(2)6-10(5-8)16-12-11(13)7-15(3)14-12/h7-10H,4-6,13H2,1-3H3. The molecule has 0 aromatic carbocycles. The molecule has 0 spiro atoms. The van der Waals surface area contributed by atoms with Gasteiger partial charge in [0.15, 0.2) is 0 Å². The fourth-order valence-corrected chi connectivity index (χ4v) is 2.71. The van der Waals surface area contributed by atoms with Gasteiger partial charge < -0.3 is 10.5 Å². The molecule has 0 aliphatic heterocycles. The van der Waals surface area contributed by atoms with Gasteiger partial charge in [-0.05, 0) is 31.1 Å². The monoisotopic (exact) mass is 223 g/mol. The quantitative estimate of drug-likeness (QED) is 0.836. The zero-order valence-corrected chi connectivity index (χ0v) is 10.3. The Morgan fingerprint density at radius 3 is 2.44 bits per heavy atom. The Morgan fingerprint density at radius 1 is 1.31 bits per heavy atom. The molecule has 1 fully saturated rings. The van der Waals surface area contributed by atoms with Crippen molar-refractivity contribution in [2.75, 3.05) is 5.73 Å². The van der Waals surface area contributed by atoms with E-state index in [1.165, 1.54) is 6.42 Å². The van der Waals surface area contributed by atoms with Crippen LogP contribution in [0, 0.1) is 11.8 Å². The Morgan fingerprint density at radius 2 is 1.94 bits per heavy atom. The second kappa shape index (κ2) is 4.36. The first kappa shape index (κ1) is 11.3. The molecule has 1 heterocycles. The van der Waals surface area contributed by atoms with Gasteiger partial charge in [0, 0.05) is 7.05 Å². The summed E-state index contributed by atoms with van der Waals surface area (Å²) in [6.07, 6.45) is 5.58. The molecule has 2 N–H and O–H groups in total. The maximum Gasteiger partial charge on any atom is 0.256 e. The van der Waals surface area contributed by atoms with Crippen LogP contribution in [0.5, 0.6) is 5.88 Å². The third-order valence-electron chi connectivity index (χ3n) is 3.23. The molecule has 1 aliphatic carbocycles. The molecule has 4 heteroatoms. The van der Waals surface area contributed by atoms with Gasteiger partial charge >= 0.3 is 0 Å². The predicted molar refractivity (Wildman–Crippen MR) is 64.2 cm³/mol. The summed E-state index contributed by atoms with van der Waals surface area (Å²) in [6.45, 7) is 4.57. The van der Waals surface area contributed by atoms with Gasteiger partial charge in [0.1, 0.15) is 11.8 Å². The lowest BCUT2D eigenvalue weighted by Gasteiger charge is -2.31. The maximum absolute atomic E-state index is 5.89. The highest BCUT2D eigenvalue weighted by molar-refractivity contribution is 5.45. The number of aromatic nitrogens is 2. The van der Waals surface area contributed by atoms with E-state index in [1.807, 2.05) is 7.05 Å². The third-order valence-corrected chi connectivity index (χ3v) is 3.23. The summed E-state index contributed by atoms with van der Waals surface area (Å²) in [5.74, 6) is 2.06. The number of rotatable bonds is 2. The average molecular weight is 223 g/mol. The number of nitrogens with two attached hydrogens (primary N) is 1. The lowest BCUT2D eigenvalue weighted by atomic mass is 9.82. The first-order chi connectivity index (χ1) is 7.54. The number of nitrogens with zero attached hydrogens (tertiary/aromatic N) is 2. The van der Waals surface area contributed by atoms with Gasteiger partial charge in [-0.15, -0.1) is 5.10 Å². The van der Waals surface area contributed by atoms with Gasteiger partial charge in [-0.2, -0.15) is 0 Å². The van der Waals surface area contributed by atoms with Gasteiger partial charge in [-0.1, -0.05) is 13.8 Å². The van der Waals surface area contributed by atoms with E-state index in [9.17, 15) is 0 Å². The van der Waals surface area contributed by atoms with Crippen molar-refractivity contribution in [2.45, 2.75) is 39.2 Å². The minimum atomic E-state index is 0.274. The molecule has 2 rings (SSSR count). The van der Waals surface area contributed by atoms with Crippen LogP contribution in [0.15, 0.2) is 6.20 Å². The number of anilines is 1. The molecule has 90 valence electrons. The summed E-state index contributed by atoms with van der Waals surface area (Å²) >= 11 is 0. The maximum atomic E-state index is 5.89. The van der Waals surface area contributed by atoms with E-state index in [0.29, 0.717) is 11.6 Å². The van der Waals surface area contributed by atoms with Gasteiger partial charge in [-0.3, -0.25) is 4.68 Å². The van der Waals surface area contributed by atoms with E-state index in [4.69, 9.17) is 10.5 Å². The van der Waals surface area contributed by atoms with Crippen LogP contribution in [0.1, 0.15) is 33.1 Å². The number of aryl methyl sites for hydroxylation is 1. The highest BCUT2D eigenvalue weighted by Gasteiger charge is 2.26. The Bertz CT molecular complexity index is 351. The molecule has 16 heavy (non-hydrogen) atoms. The topological polar surface area (TPSA) is 53.1 Å². The minimum absolute atomic E-state index is 0.274. The lowest BCUT2D eigenvalue weighted by Crippen LogP contribution is -2.28. The Balaban J connectivity index is 2.01. The van der Waals surface area contributed by atoms with Gasteiger partial charge in [0.2, 0.25) is 0 Å². The van der Waals surface area contributed by atoms with Gasteiger partial charge in [0.05, 0.1) is 6.20 Å². The molecule has 1 aromatic rings. The highest BCUT2D eigenvalue weighted by atomic mass is 16.5. The summed E-state index contributed by atoms with van der Waals surface area (Å²) in [4.78, 5) is 0. The van der Waals surface area contributed by atoms with Gasteiger partial charge in [-0.25, -0.2) is 0 Å². The Hall–Kier alpha value is -1.19. The average Bonchev–Trinajstić information content (AvgIpc) is 2.43. The zero-order valence-electron chi connectivity index (χ0n) is 10.3. The summed E-state index contributed by atoms with van der Waals surface area (Å²) in [5, 5.41) is 4.22. The van der Waals surface area contributed by atoms with Gasteiger partial charge in [0.25, 0.3) is 5.88 Å². The molecule has 4 nitrogen and oxygen atoms in total. The molecule has 0 radical (unpaired) electrons. The first-order valence-corrected chi connectivity index (χ1v) is 6.00. The van der Waals surface area contributed by atoms with Crippen molar-refractivity contribution >= 4 is 5.69 Å². The number of ether oxygens (including phenoxy) is 1. The van der Waals surface area contributed by atoms with E-state index < -0.39 is 0 Å². The SMILES string of the molecule is CC1CC(C)CC(Oc2nn(C)cc2N)C1. The smallest absolute Gasteiger partial charge is 0.256 e.